The van der Waals surface area contributed by atoms with Gasteiger partial charge in [-0.15, -0.1) is 11.3 Å². The molecular weight excluding hydrogens is 452 g/mol. The first-order valence-electron chi connectivity index (χ1n) is 10.8. The van der Waals surface area contributed by atoms with Crippen molar-refractivity contribution in [3.63, 3.8) is 0 Å². The van der Waals surface area contributed by atoms with E-state index in [1.54, 1.807) is 29.1 Å². The molecular formula is C26H26N2O3S2. The summed E-state index contributed by atoms with van der Waals surface area (Å²) in [4.78, 5) is 26.8. The van der Waals surface area contributed by atoms with Gasteiger partial charge in [0.25, 0.3) is 5.91 Å². The summed E-state index contributed by atoms with van der Waals surface area (Å²) >= 11 is 2.90. The molecule has 170 valence electrons. The Labute approximate surface area is 201 Å². The summed E-state index contributed by atoms with van der Waals surface area (Å²) in [5.41, 5.74) is 3.84. The number of nitrogens with one attached hydrogen (secondary N) is 1. The average molecular weight is 479 g/mol. The largest absolute Gasteiger partial charge is 0.495 e. The Morgan fingerprint density at radius 3 is 2.73 bits per heavy atom. The highest BCUT2D eigenvalue weighted by molar-refractivity contribution is 7.09. The minimum absolute atomic E-state index is 0.102. The van der Waals surface area contributed by atoms with E-state index >= 15 is 0 Å². The van der Waals surface area contributed by atoms with E-state index in [1.165, 1.54) is 4.88 Å². The molecule has 0 fully saturated rings. The first-order valence-corrected chi connectivity index (χ1v) is 12.6. The fourth-order valence-corrected chi connectivity index (χ4v) is 5.22. The Morgan fingerprint density at radius 2 is 1.94 bits per heavy atom. The molecule has 2 aromatic carbocycles. The maximum atomic E-state index is 12.7. The second-order valence-electron chi connectivity index (χ2n) is 7.77. The van der Waals surface area contributed by atoms with Crippen LogP contribution in [0.3, 0.4) is 0 Å². The topological polar surface area (TPSA) is 60.3 Å². The number of thiophene rings is 1. The number of ether oxygens (including phenoxy) is 1. The van der Waals surface area contributed by atoms with Gasteiger partial charge in [0.2, 0.25) is 0 Å². The van der Waals surface area contributed by atoms with E-state index in [2.05, 4.69) is 22.8 Å². The van der Waals surface area contributed by atoms with Crippen molar-refractivity contribution in [2.75, 3.05) is 13.7 Å². The number of amides is 1. The molecule has 5 nitrogen and oxygen atoms in total. The van der Waals surface area contributed by atoms with Gasteiger partial charge in [-0.2, -0.15) is 0 Å². The number of rotatable bonds is 9. The summed E-state index contributed by atoms with van der Waals surface area (Å²) in [6.07, 6.45) is 3.02. The van der Waals surface area contributed by atoms with Crippen molar-refractivity contribution < 1.29 is 9.53 Å². The normalized spacial score (nSPS) is 10.8. The summed E-state index contributed by atoms with van der Waals surface area (Å²) in [5.74, 6) is 0.518. The molecule has 2 heterocycles. The molecule has 0 aliphatic rings. The van der Waals surface area contributed by atoms with Gasteiger partial charge < -0.3 is 10.1 Å². The monoisotopic (exact) mass is 478 g/mol. The molecule has 4 aromatic rings. The molecule has 1 amide bonds. The van der Waals surface area contributed by atoms with Crippen LogP contribution in [0.5, 0.6) is 5.75 Å². The molecule has 1 N–H and O–H groups in total. The molecule has 0 aliphatic carbocycles. The van der Waals surface area contributed by atoms with Crippen molar-refractivity contribution >= 4 is 28.6 Å². The van der Waals surface area contributed by atoms with Crippen LogP contribution >= 0.6 is 22.7 Å². The van der Waals surface area contributed by atoms with Crippen molar-refractivity contribution in [3.8, 4) is 22.7 Å². The third kappa shape index (κ3) is 5.43. The van der Waals surface area contributed by atoms with E-state index in [-0.39, 0.29) is 10.8 Å². The first kappa shape index (κ1) is 23.0. The summed E-state index contributed by atoms with van der Waals surface area (Å²) in [5, 5.41) is 6.93. The molecule has 4 rings (SSSR count). The van der Waals surface area contributed by atoms with Crippen molar-refractivity contribution in [2.24, 2.45) is 0 Å². The standard InChI is InChI=1S/C26H26N2O3S2/c1-18-11-12-24(31-2)22(15-18)28-23(17-33-26(28)30)19-7-5-8-20(16-19)25(29)27-13-4-3-9-21-10-6-14-32-21/h5-8,10-12,14-17H,3-4,9,13H2,1-2H3,(H,27,29). The molecule has 0 atom stereocenters. The number of hydrogen-bond acceptors (Lipinski definition) is 5. The van der Waals surface area contributed by atoms with Crippen LogP contribution in [0, 0.1) is 6.92 Å². The van der Waals surface area contributed by atoms with Crippen LogP contribution in [0.4, 0.5) is 0 Å². The van der Waals surface area contributed by atoms with Gasteiger partial charge in [-0.3, -0.25) is 14.2 Å². The van der Waals surface area contributed by atoms with Crippen LogP contribution in [0.1, 0.15) is 33.6 Å². The summed E-state index contributed by atoms with van der Waals surface area (Å²) in [6, 6.07) is 17.4. The Balaban J connectivity index is 1.50. The molecule has 7 heteroatoms. The Kier molecular flexibility index (Phi) is 7.42. The Hall–Kier alpha value is -3.16. The highest BCUT2D eigenvalue weighted by atomic mass is 32.1. The third-order valence-corrected chi connectivity index (χ3v) is 7.07. The summed E-state index contributed by atoms with van der Waals surface area (Å²) in [7, 11) is 1.59. The fourth-order valence-electron chi connectivity index (χ4n) is 3.71. The van der Waals surface area contributed by atoms with Crippen molar-refractivity contribution in [1.82, 2.24) is 9.88 Å². The van der Waals surface area contributed by atoms with Gasteiger partial charge in [0.05, 0.1) is 18.5 Å². The fraction of sp³-hybridized carbons (Fsp3) is 0.231. The van der Waals surface area contributed by atoms with Gasteiger partial charge in [0.1, 0.15) is 5.75 Å². The van der Waals surface area contributed by atoms with Crippen LogP contribution in [0.15, 0.2) is 70.2 Å². The quantitative estimate of drug-likeness (QED) is 0.314. The molecule has 2 aromatic heterocycles. The number of benzene rings is 2. The SMILES string of the molecule is COc1ccc(C)cc1-n1c(-c2cccc(C(=O)NCCCCc3cccs3)c2)csc1=O. The highest BCUT2D eigenvalue weighted by Gasteiger charge is 2.16. The minimum Gasteiger partial charge on any atom is -0.495 e. The van der Waals surface area contributed by atoms with Crippen LogP contribution in [-0.2, 0) is 6.42 Å². The molecule has 0 radical (unpaired) electrons. The maximum Gasteiger partial charge on any atom is 0.312 e. The molecule has 0 aliphatic heterocycles. The second kappa shape index (κ2) is 10.6. The summed E-state index contributed by atoms with van der Waals surface area (Å²) < 4.78 is 7.15. The lowest BCUT2D eigenvalue weighted by atomic mass is 10.1. The molecule has 0 bridgehead atoms. The van der Waals surface area contributed by atoms with Gasteiger partial charge >= 0.3 is 4.87 Å². The minimum atomic E-state index is -0.106. The number of unbranched alkanes of at least 4 members (excludes halogenated alkanes) is 1. The molecule has 0 saturated carbocycles. The van der Waals surface area contributed by atoms with Gasteiger partial charge in [0.15, 0.2) is 0 Å². The van der Waals surface area contributed by atoms with Crippen molar-refractivity contribution in [2.45, 2.75) is 26.2 Å². The first-order chi connectivity index (χ1) is 16.1. The number of aromatic nitrogens is 1. The zero-order chi connectivity index (χ0) is 23.2. The van der Waals surface area contributed by atoms with Gasteiger partial charge in [-0.1, -0.05) is 35.6 Å². The zero-order valence-corrected chi connectivity index (χ0v) is 20.3. The number of methoxy groups -OCH3 is 1. The predicted octanol–water partition coefficient (Wildman–Crippen LogP) is 5.70. The smallest absolute Gasteiger partial charge is 0.312 e. The second-order valence-corrected chi connectivity index (χ2v) is 9.62. The molecule has 0 spiro atoms. The average Bonchev–Trinajstić information content (AvgIpc) is 3.48. The number of carbonyl (C=O) groups is 1. The highest BCUT2D eigenvalue weighted by Crippen LogP contribution is 2.30. The number of nitrogens with zero attached hydrogens (tertiary/aromatic N) is 1. The molecule has 33 heavy (non-hydrogen) atoms. The lowest BCUT2D eigenvalue weighted by Crippen LogP contribution is -2.24. The van der Waals surface area contributed by atoms with Crippen LogP contribution < -0.4 is 14.9 Å². The number of carbonyl (C=O) groups excluding carboxylic acids is 1. The zero-order valence-electron chi connectivity index (χ0n) is 18.7. The van der Waals surface area contributed by atoms with Gasteiger partial charge in [0, 0.05) is 27.9 Å². The van der Waals surface area contributed by atoms with E-state index < -0.39 is 0 Å². The van der Waals surface area contributed by atoms with E-state index in [9.17, 15) is 9.59 Å². The van der Waals surface area contributed by atoms with E-state index in [0.29, 0.717) is 23.5 Å². The van der Waals surface area contributed by atoms with E-state index in [0.717, 1.165) is 47.4 Å². The maximum absolute atomic E-state index is 12.7. The van der Waals surface area contributed by atoms with E-state index in [1.807, 2.05) is 48.7 Å². The van der Waals surface area contributed by atoms with Gasteiger partial charge in [-0.25, -0.2) is 0 Å². The lowest BCUT2D eigenvalue weighted by molar-refractivity contribution is 0.0953. The van der Waals surface area contributed by atoms with Crippen molar-refractivity contribution in [1.29, 1.82) is 0 Å². The number of aryl methyl sites for hydroxylation is 2. The Morgan fingerprint density at radius 1 is 1.06 bits per heavy atom. The Bertz CT molecular complexity index is 1290. The predicted molar refractivity (Wildman–Crippen MR) is 136 cm³/mol. The molecule has 0 saturated heterocycles. The van der Waals surface area contributed by atoms with E-state index in [4.69, 9.17) is 4.74 Å². The van der Waals surface area contributed by atoms with Gasteiger partial charge in [-0.05, 0) is 67.5 Å². The number of hydrogen-bond donors (Lipinski definition) is 1. The molecule has 0 unspecified atom stereocenters. The van der Waals surface area contributed by atoms with Crippen LogP contribution in [0.25, 0.3) is 16.9 Å². The van der Waals surface area contributed by atoms with Crippen molar-refractivity contribution in [3.05, 3.63) is 91.0 Å². The number of thiazole rings is 1. The summed E-state index contributed by atoms with van der Waals surface area (Å²) in [6.45, 7) is 2.61. The van der Waals surface area contributed by atoms with Crippen LogP contribution in [0.2, 0.25) is 0 Å². The lowest BCUT2D eigenvalue weighted by Gasteiger charge is -2.13. The van der Waals surface area contributed by atoms with Crippen LogP contribution in [-0.4, -0.2) is 24.1 Å². The third-order valence-electron chi connectivity index (χ3n) is 5.41.